The van der Waals surface area contributed by atoms with Crippen LogP contribution < -0.4 is 16.4 Å². The molecular formula is C34H42ClF3N6O4. The number of ether oxygens (including phenoxy) is 1. The van der Waals surface area contributed by atoms with E-state index in [0.717, 1.165) is 50.4 Å². The third kappa shape index (κ3) is 7.17. The first-order valence-corrected chi connectivity index (χ1v) is 17.0. The van der Waals surface area contributed by atoms with Gasteiger partial charge in [0.25, 0.3) is 5.91 Å². The molecule has 0 unspecified atom stereocenters. The van der Waals surface area contributed by atoms with Crippen LogP contribution >= 0.6 is 11.6 Å². The monoisotopic (exact) mass is 690 g/mol. The van der Waals surface area contributed by atoms with Crippen molar-refractivity contribution in [2.45, 2.75) is 62.8 Å². The number of hydrogen-bond donors (Lipinski definition) is 3. The Bertz CT molecular complexity index is 1530. The maximum atomic E-state index is 14.0. The van der Waals surface area contributed by atoms with Crippen LogP contribution in [0.15, 0.2) is 36.4 Å². The predicted molar refractivity (Wildman–Crippen MR) is 175 cm³/mol. The lowest BCUT2D eigenvalue weighted by Gasteiger charge is -2.45. The highest BCUT2D eigenvalue weighted by atomic mass is 35.5. The van der Waals surface area contributed by atoms with Crippen LogP contribution in [0, 0.1) is 11.8 Å². The number of benzene rings is 2. The SMILES string of the molecule is CN1CCC(C2CCN(C(=O)[C@@H](Cc3cc(Cl)c(N)c(C(F)(F)F)c3)OC(=O)N3CCC4(CC3)NC(=O)Nc3ccccc34)CC2)CC1. The summed E-state index contributed by atoms with van der Waals surface area (Å²) in [5, 5.41) is 5.56. The number of nitrogen functional groups attached to an aromatic ring is 1. The fraction of sp³-hybridized carbons (Fsp3) is 0.559. The fourth-order valence-electron chi connectivity index (χ4n) is 7.82. The van der Waals surface area contributed by atoms with E-state index in [9.17, 15) is 27.6 Å². The lowest BCUT2D eigenvalue weighted by atomic mass is 9.79. The molecule has 0 aliphatic carbocycles. The number of likely N-dealkylation sites (tertiary alicyclic amines) is 3. The number of piperidine rings is 3. The normalized spacial score (nSPS) is 21.3. The predicted octanol–water partition coefficient (Wildman–Crippen LogP) is 5.70. The van der Waals surface area contributed by atoms with Crippen LogP contribution in [0.3, 0.4) is 0 Å². The van der Waals surface area contributed by atoms with E-state index in [1.165, 1.54) is 11.0 Å². The van der Waals surface area contributed by atoms with Crippen molar-refractivity contribution in [3.05, 3.63) is 58.1 Å². The summed E-state index contributed by atoms with van der Waals surface area (Å²) >= 11 is 6.11. The van der Waals surface area contributed by atoms with Gasteiger partial charge in [0.15, 0.2) is 6.10 Å². The number of carbonyl (C=O) groups excluding carboxylic acids is 3. The molecule has 4 aliphatic heterocycles. The third-order valence-electron chi connectivity index (χ3n) is 10.6. The average molecular weight is 691 g/mol. The number of fused-ring (bicyclic) bond motifs is 2. The van der Waals surface area contributed by atoms with Crippen LogP contribution in [-0.2, 0) is 27.7 Å². The van der Waals surface area contributed by atoms with E-state index >= 15 is 0 Å². The molecule has 3 saturated heterocycles. The number of nitrogens with one attached hydrogen (secondary N) is 2. The summed E-state index contributed by atoms with van der Waals surface area (Å²) < 4.78 is 47.2. The molecule has 0 aromatic heterocycles. The summed E-state index contributed by atoms with van der Waals surface area (Å²) in [5.41, 5.74) is 5.00. The molecule has 0 radical (unpaired) electrons. The van der Waals surface area contributed by atoms with E-state index < -0.39 is 41.1 Å². The molecule has 10 nitrogen and oxygen atoms in total. The summed E-state index contributed by atoms with van der Waals surface area (Å²) in [5.74, 6) is 0.652. The minimum atomic E-state index is -4.76. The van der Waals surface area contributed by atoms with Gasteiger partial charge in [0.05, 0.1) is 21.8 Å². The molecule has 0 bridgehead atoms. The van der Waals surface area contributed by atoms with E-state index in [4.69, 9.17) is 22.1 Å². The Balaban J connectivity index is 1.17. The van der Waals surface area contributed by atoms with Crippen molar-refractivity contribution in [3.63, 3.8) is 0 Å². The number of halogens is 4. The van der Waals surface area contributed by atoms with Crippen molar-refractivity contribution in [1.29, 1.82) is 0 Å². The van der Waals surface area contributed by atoms with Gasteiger partial charge in [-0.2, -0.15) is 13.2 Å². The first kappa shape index (κ1) is 34.2. The molecule has 4 N–H and O–H groups in total. The number of alkyl halides is 3. The van der Waals surface area contributed by atoms with Crippen molar-refractivity contribution < 1.29 is 32.3 Å². The average Bonchev–Trinajstić information content (AvgIpc) is 3.06. The topological polar surface area (TPSA) is 120 Å². The van der Waals surface area contributed by atoms with Crippen LogP contribution in [-0.4, -0.2) is 85.2 Å². The molecule has 260 valence electrons. The van der Waals surface area contributed by atoms with Gasteiger partial charge >= 0.3 is 18.3 Å². The Labute approximate surface area is 283 Å². The number of para-hydroxylation sites is 1. The second-order valence-electron chi connectivity index (χ2n) is 13.6. The highest BCUT2D eigenvalue weighted by Gasteiger charge is 2.44. The molecule has 1 spiro atoms. The van der Waals surface area contributed by atoms with E-state index in [-0.39, 0.29) is 36.1 Å². The van der Waals surface area contributed by atoms with Crippen molar-refractivity contribution in [3.8, 4) is 0 Å². The highest BCUT2D eigenvalue weighted by Crippen LogP contribution is 2.41. The van der Waals surface area contributed by atoms with Crippen molar-refractivity contribution in [1.82, 2.24) is 20.0 Å². The molecule has 0 saturated carbocycles. The molecule has 14 heteroatoms. The Hall–Kier alpha value is -3.71. The number of urea groups is 1. The van der Waals surface area contributed by atoms with Crippen LogP contribution in [0.1, 0.15) is 55.2 Å². The lowest BCUT2D eigenvalue weighted by molar-refractivity contribution is -0.142. The van der Waals surface area contributed by atoms with Gasteiger partial charge in [-0.15, -0.1) is 0 Å². The van der Waals surface area contributed by atoms with Gasteiger partial charge in [0, 0.05) is 43.9 Å². The second-order valence-corrected chi connectivity index (χ2v) is 14.0. The highest BCUT2D eigenvalue weighted by molar-refractivity contribution is 6.33. The number of anilines is 2. The zero-order valence-corrected chi connectivity index (χ0v) is 27.7. The molecule has 48 heavy (non-hydrogen) atoms. The Morgan fingerprint density at radius 1 is 1.00 bits per heavy atom. The molecule has 4 amide bonds. The van der Waals surface area contributed by atoms with Gasteiger partial charge in [0.1, 0.15) is 0 Å². The number of nitrogens with zero attached hydrogens (tertiary/aromatic N) is 3. The van der Waals surface area contributed by atoms with Crippen molar-refractivity contribution in [2.75, 3.05) is 57.4 Å². The zero-order chi connectivity index (χ0) is 34.2. The summed E-state index contributed by atoms with van der Waals surface area (Å²) in [6, 6.07) is 9.32. The van der Waals surface area contributed by atoms with E-state index in [1.54, 1.807) is 4.90 Å². The number of carbonyl (C=O) groups is 3. The quantitative estimate of drug-likeness (QED) is 0.347. The summed E-state index contributed by atoms with van der Waals surface area (Å²) in [7, 11) is 2.12. The second kappa shape index (κ2) is 13.7. The van der Waals surface area contributed by atoms with E-state index in [2.05, 4.69) is 22.6 Å². The van der Waals surface area contributed by atoms with Gasteiger partial charge in [-0.25, -0.2) is 9.59 Å². The van der Waals surface area contributed by atoms with Crippen LogP contribution in [0.5, 0.6) is 0 Å². The fourth-order valence-corrected chi connectivity index (χ4v) is 8.07. The minimum Gasteiger partial charge on any atom is -0.436 e. The van der Waals surface area contributed by atoms with Crippen molar-refractivity contribution >= 4 is 41.0 Å². The molecule has 2 aromatic carbocycles. The Morgan fingerprint density at radius 3 is 2.27 bits per heavy atom. The van der Waals surface area contributed by atoms with Crippen molar-refractivity contribution in [2.24, 2.45) is 11.8 Å². The summed E-state index contributed by atoms with van der Waals surface area (Å²) in [4.78, 5) is 45.5. The molecule has 2 aromatic rings. The van der Waals surface area contributed by atoms with Gasteiger partial charge in [-0.1, -0.05) is 29.8 Å². The number of rotatable bonds is 5. The van der Waals surface area contributed by atoms with Crippen LogP contribution in [0.2, 0.25) is 5.02 Å². The Kier molecular flexibility index (Phi) is 9.72. The molecule has 3 fully saturated rings. The first-order chi connectivity index (χ1) is 22.8. The largest absolute Gasteiger partial charge is 0.436 e. The van der Waals surface area contributed by atoms with Gasteiger partial charge < -0.3 is 35.8 Å². The summed E-state index contributed by atoms with van der Waals surface area (Å²) in [6.45, 7) is 3.56. The number of amides is 4. The minimum absolute atomic E-state index is 0.0838. The maximum Gasteiger partial charge on any atom is 0.418 e. The number of nitrogens with two attached hydrogens (primary N) is 1. The maximum absolute atomic E-state index is 14.0. The van der Waals surface area contributed by atoms with Gasteiger partial charge in [-0.3, -0.25) is 4.79 Å². The standard InChI is InChI=1S/C34H42ClF3N6O4/c1-42-12-6-22(7-13-42)23-8-14-43(15-9-23)30(45)28(20-21-18-25(34(36,37)38)29(39)26(35)19-21)48-32(47)44-16-10-33(11-17-44)24-4-2-3-5-27(24)40-31(46)41-33/h2-5,18-19,22-23,28H,6-17,20,39H2,1H3,(H2,40,41,46)/t28-/m1/s1. The molecular weight excluding hydrogens is 649 g/mol. The Morgan fingerprint density at radius 2 is 1.62 bits per heavy atom. The molecule has 6 rings (SSSR count). The molecule has 4 heterocycles. The smallest absolute Gasteiger partial charge is 0.418 e. The van der Waals surface area contributed by atoms with E-state index in [1.807, 2.05) is 24.3 Å². The molecule has 1 atom stereocenters. The zero-order valence-electron chi connectivity index (χ0n) is 27.0. The number of hydrogen-bond acceptors (Lipinski definition) is 6. The van der Waals surface area contributed by atoms with Crippen LogP contribution in [0.4, 0.5) is 34.1 Å². The van der Waals surface area contributed by atoms with Gasteiger partial charge in [-0.05, 0) is 94.3 Å². The summed E-state index contributed by atoms with van der Waals surface area (Å²) in [6.07, 6.45) is -2.45. The molecule has 4 aliphatic rings. The van der Waals surface area contributed by atoms with Crippen LogP contribution in [0.25, 0.3) is 0 Å². The first-order valence-electron chi connectivity index (χ1n) is 16.6. The van der Waals surface area contributed by atoms with E-state index in [0.29, 0.717) is 43.5 Å². The third-order valence-corrected chi connectivity index (χ3v) is 10.9. The lowest BCUT2D eigenvalue weighted by Crippen LogP contribution is -2.58. The van der Waals surface area contributed by atoms with Gasteiger partial charge in [0.2, 0.25) is 0 Å².